The number of esters is 1. The minimum atomic E-state index is -0.552. The van der Waals surface area contributed by atoms with Gasteiger partial charge in [0.15, 0.2) is 6.61 Å². The number of amides is 1. The van der Waals surface area contributed by atoms with Crippen LogP contribution in [0.15, 0.2) is 72.1 Å². The summed E-state index contributed by atoms with van der Waals surface area (Å²) in [7, 11) is 0. The number of para-hydroxylation sites is 2. The fourth-order valence-corrected chi connectivity index (χ4v) is 4.09. The number of nitrogens with one attached hydrogen (secondary N) is 1. The maximum absolute atomic E-state index is 12.9. The molecule has 0 fully saturated rings. The van der Waals surface area contributed by atoms with Crippen molar-refractivity contribution in [2.24, 2.45) is 0 Å². The van der Waals surface area contributed by atoms with E-state index in [1.54, 1.807) is 17.4 Å². The lowest BCUT2D eigenvalue weighted by molar-refractivity contribution is -0.119. The van der Waals surface area contributed by atoms with E-state index in [2.05, 4.69) is 24.1 Å². The molecule has 1 amide bonds. The van der Waals surface area contributed by atoms with Gasteiger partial charge in [-0.05, 0) is 41.1 Å². The number of ether oxygens (including phenoxy) is 1. The number of rotatable bonds is 6. The fraction of sp³-hybridized carbons (Fsp3) is 0.160. The van der Waals surface area contributed by atoms with E-state index < -0.39 is 5.97 Å². The van der Waals surface area contributed by atoms with Gasteiger partial charge in [-0.15, -0.1) is 11.3 Å². The summed E-state index contributed by atoms with van der Waals surface area (Å²) >= 11 is 1.55. The molecule has 2 aromatic carbocycles. The smallest absolute Gasteiger partial charge is 0.339 e. The standard InChI is InChI=1S/C25H22N2O3S/c1-16(2)17-8-3-5-10-20(17)27-24(28)15-30-25(29)19-14-22(23-12-7-13-31-23)26-21-11-6-4-9-18(19)21/h3-14,16H,15H2,1-2H3,(H,27,28). The lowest BCUT2D eigenvalue weighted by Crippen LogP contribution is -2.22. The van der Waals surface area contributed by atoms with Crippen LogP contribution >= 0.6 is 11.3 Å². The maximum atomic E-state index is 12.9. The Kier molecular flexibility index (Phi) is 6.09. The van der Waals surface area contributed by atoms with E-state index in [0.29, 0.717) is 22.2 Å². The number of pyridine rings is 1. The van der Waals surface area contributed by atoms with Gasteiger partial charge in [0.1, 0.15) is 0 Å². The van der Waals surface area contributed by atoms with E-state index in [0.717, 1.165) is 16.1 Å². The molecule has 0 aliphatic carbocycles. The van der Waals surface area contributed by atoms with Gasteiger partial charge in [-0.2, -0.15) is 0 Å². The topological polar surface area (TPSA) is 68.3 Å². The summed E-state index contributed by atoms with van der Waals surface area (Å²) in [6, 6.07) is 20.7. The van der Waals surface area contributed by atoms with Crippen molar-refractivity contribution in [2.45, 2.75) is 19.8 Å². The molecule has 2 heterocycles. The lowest BCUT2D eigenvalue weighted by atomic mass is 10.0. The Bertz CT molecular complexity index is 1230. The molecule has 0 saturated carbocycles. The SMILES string of the molecule is CC(C)c1ccccc1NC(=O)COC(=O)c1cc(-c2cccs2)nc2ccccc12. The van der Waals surface area contributed by atoms with Gasteiger partial charge in [0, 0.05) is 11.1 Å². The van der Waals surface area contributed by atoms with Crippen molar-refractivity contribution in [1.29, 1.82) is 0 Å². The lowest BCUT2D eigenvalue weighted by Gasteiger charge is -2.14. The number of benzene rings is 2. The average molecular weight is 431 g/mol. The number of anilines is 1. The molecule has 0 atom stereocenters. The monoisotopic (exact) mass is 430 g/mol. The van der Waals surface area contributed by atoms with Gasteiger partial charge in [-0.3, -0.25) is 4.79 Å². The highest BCUT2D eigenvalue weighted by molar-refractivity contribution is 7.13. The molecule has 5 nitrogen and oxygen atoms in total. The average Bonchev–Trinajstić information content (AvgIpc) is 3.32. The van der Waals surface area contributed by atoms with Crippen LogP contribution in [0, 0.1) is 0 Å². The van der Waals surface area contributed by atoms with E-state index in [-0.39, 0.29) is 18.4 Å². The van der Waals surface area contributed by atoms with Gasteiger partial charge in [-0.25, -0.2) is 9.78 Å². The molecule has 0 spiro atoms. The Morgan fingerprint density at radius 3 is 2.58 bits per heavy atom. The molecule has 0 aliphatic heterocycles. The van der Waals surface area contributed by atoms with Gasteiger partial charge in [-0.1, -0.05) is 56.3 Å². The van der Waals surface area contributed by atoms with Gasteiger partial charge in [0.2, 0.25) is 0 Å². The van der Waals surface area contributed by atoms with E-state index in [9.17, 15) is 9.59 Å². The quantitative estimate of drug-likeness (QED) is 0.388. The fourth-order valence-electron chi connectivity index (χ4n) is 3.40. The summed E-state index contributed by atoms with van der Waals surface area (Å²) < 4.78 is 5.37. The van der Waals surface area contributed by atoms with Crippen LogP contribution in [0.4, 0.5) is 5.69 Å². The van der Waals surface area contributed by atoms with Crippen LogP contribution in [0.3, 0.4) is 0 Å². The first-order valence-electron chi connectivity index (χ1n) is 10.0. The zero-order valence-electron chi connectivity index (χ0n) is 17.3. The second-order valence-corrected chi connectivity index (χ2v) is 8.36. The molecule has 2 aromatic heterocycles. The van der Waals surface area contributed by atoms with E-state index in [1.165, 1.54) is 0 Å². The molecule has 0 radical (unpaired) electrons. The van der Waals surface area contributed by atoms with Crippen molar-refractivity contribution in [3.63, 3.8) is 0 Å². The number of carbonyl (C=O) groups is 2. The highest BCUT2D eigenvalue weighted by Crippen LogP contribution is 2.28. The highest BCUT2D eigenvalue weighted by atomic mass is 32.1. The molecular weight excluding hydrogens is 408 g/mol. The first-order chi connectivity index (χ1) is 15.0. The summed E-state index contributed by atoms with van der Waals surface area (Å²) in [5.74, 6) is -0.667. The minimum Gasteiger partial charge on any atom is -0.452 e. The minimum absolute atomic E-state index is 0.262. The third-order valence-electron chi connectivity index (χ3n) is 4.90. The van der Waals surface area contributed by atoms with Crippen LogP contribution in [-0.4, -0.2) is 23.5 Å². The molecule has 0 bridgehead atoms. The van der Waals surface area contributed by atoms with Gasteiger partial charge in [0.25, 0.3) is 5.91 Å². The molecule has 31 heavy (non-hydrogen) atoms. The first-order valence-corrected chi connectivity index (χ1v) is 10.9. The molecule has 0 aliphatic rings. The molecule has 0 saturated heterocycles. The second-order valence-electron chi connectivity index (χ2n) is 7.42. The van der Waals surface area contributed by atoms with Crippen LogP contribution in [0.25, 0.3) is 21.5 Å². The van der Waals surface area contributed by atoms with Crippen LogP contribution in [0.2, 0.25) is 0 Å². The Labute approximate surface area is 184 Å². The summed E-state index contributed by atoms with van der Waals surface area (Å²) in [4.78, 5) is 30.9. The Hall–Kier alpha value is -3.51. The second kappa shape index (κ2) is 9.10. The van der Waals surface area contributed by atoms with Crippen LogP contribution in [-0.2, 0) is 9.53 Å². The van der Waals surface area contributed by atoms with Crippen molar-refractivity contribution in [2.75, 3.05) is 11.9 Å². The third-order valence-corrected chi connectivity index (χ3v) is 5.79. The molecule has 1 N–H and O–H groups in total. The number of nitrogens with zero attached hydrogens (tertiary/aromatic N) is 1. The maximum Gasteiger partial charge on any atom is 0.339 e. The molecule has 4 rings (SSSR count). The van der Waals surface area contributed by atoms with Crippen molar-refractivity contribution in [3.8, 4) is 10.6 Å². The van der Waals surface area contributed by atoms with E-state index >= 15 is 0 Å². The van der Waals surface area contributed by atoms with Gasteiger partial charge >= 0.3 is 5.97 Å². The number of hydrogen-bond donors (Lipinski definition) is 1. The number of thiophene rings is 1. The molecule has 6 heteroatoms. The van der Waals surface area contributed by atoms with Crippen LogP contribution in [0.1, 0.15) is 35.7 Å². The number of carbonyl (C=O) groups excluding carboxylic acids is 2. The van der Waals surface area contributed by atoms with E-state index in [1.807, 2.05) is 66.0 Å². The molecule has 4 aromatic rings. The molecular formula is C25H22N2O3S. The Morgan fingerprint density at radius 2 is 1.81 bits per heavy atom. The number of hydrogen-bond acceptors (Lipinski definition) is 5. The van der Waals surface area contributed by atoms with Gasteiger partial charge in [0.05, 0.1) is 21.7 Å². The van der Waals surface area contributed by atoms with Crippen molar-refractivity contribution in [1.82, 2.24) is 4.98 Å². The van der Waals surface area contributed by atoms with Crippen molar-refractivity contribution in [3.05, 3.63) is 83.2 Å². The first kappa shape index (κ1) is 20.8. The van der Waals surface area contributed by atoms with Crippen molar-refractivity contribution >= 4 is 39.8 Å². The summed E-state index contributed by atoms with van der Waals surface area (Å²) in [5.41, 5.74) is 3.56. The number of fused-ring (bicyclic) bond motifs is 1. The summed E-state index contributed by atoms with van der Waals surface area (Å²) in [6.45, 7) is 3.76. The normalized spacial score (nSPS) is 10.9. The highest BCUT2D eigenvalue weighted by Gasteiger charge is 2.17. The predicted octanol–water partition coefficient (Wildman–Crippen LogP) is 5.88. The van der Waals surface area contributed by atoms with Crippen LogP contribution in [0.5, 0.6) is 0 Å². The number of aromatic nitrogens is 1. The summed E-state index contributed by atoms with van der Waals surface area (Å²) in [6.07, 6.45) is 0. The zero-order chi connectivity index (χ0) is 21.8. The Balaban J connectivity index is 1.53. The third kappa shape index (κ3) is 4.64. The molecule has 0 unspecified atom stereocenters. The molecule has 156 valence electrons. The summed E-state index contributed by atoms with van der Waals surface area (Å²) in [5, 5.41) is 5.50. The van der Waals surface area contributed by atoms with Crippen LogP contribution < -0.4 is 5.32 Å². The predicted molar refractivity (Wildman–Crippen MR) is 124 cm³/mol. The zero-order valence-corrected chi connectivity index (χ0v) is 18.1. The Morgan fingerprint density at radius 1 is 1.03 bits per heavy atom. The van der Waals surface area contributed by atoms with E-state index in [4.69, 9.17) is 4.74 Å². The van der Waals surface area contributed by atoms with Gasteiger partial charge < -0.3 is 10.1 Å². The largest absolute Gasteiger partial charge is 0.452 e. The van der Waals surface area contributed by atoms with Crippen molar-refractivity contribution < 1.29 is 14.3 Å².